The zero-order valence-corrected chi connectivity index (χ0v) is 27.3. The van der Waals surface area contributed by atoms with Crippen molar-refractivity contribution in [1.29, 1.82) is 0 Å². The largest absolute Gasteiger partial charge is 0.484 e. The highest BCUT2D eigenvalue weighted by molar-refractivity contribution is 9.10. The molecule has 13 heteroatoms. The lowest BCUT2D eigenvalue weighted by molar-refractivity contribution is -0.117. The van der Waals surface area contributed by atoms with Gasteiger partial charge in [0.25, 0.3) is 0 Å². The zero-order chi connectivity index (χ0) is 32.5. The normalized spacial score (nSPS) is 13.7. The number of imidazole rings is 1. The second-order valence-electron chi connectivity index (χ2n) is 10.7. The van der Waals surface area contributed by atoms with Gasteiger partial charge in [0.05, 0.1) is 54.9 Å². The molecule has 1 saturated heterocycles. The Hall–Kier alpha value is -4.49. The van der Waals surface area contributed by atoms with E-state index in [1.54, 1.807) is 55.0 Å². The quantitative estimate of drug-likeness (QED) is 0.171. The highest BCUT2D eigenvalue weighted by Gasteiger charge is 2.23. The number of aryl methyl sites for hydroxylation is 1. The molecular weight excluding hydrogens is 659 g/mol. The van der Waals surface area contributed by atoms with E-state index in [9.17, 15) is 14.0 Å². The molecule has 1 amide bonds. The predicted molar refractivity (Wildman–Crippen MR) is 174 cm³/mol. The van der Waals surface area contributed by atoms with Crippen molar-refractivity contribution < 1.29 is 28.2 Å². The summed E-state index contributed by atoms with van der Waals surface area (Å²) in [6.07, 6.45) is 4.94. The Labute approximate surface area is 275 Å². The van der Waals surface area contributed by atoms with Gasteiger partial charge >= 0.3 is 5.97 Å². The number of nitrogens with zero attached hydrogens (tertiary/aromatic N) is 4. The minimum absolute atomic E-state index is 0.0508. The first-order valence-corrected chi connectivity index (χ1v) is 15.8. The number of piperidine rings is 1. The predicted octanol–water partition coefficient (Wildman–Crippen LogP) is 5.66. The van der Waals surface area contributed by atoms with Crippen molar-refractivity contribution in [2.24, 2.45) is 0 Å². The van der Waals surface area contributed by atoms with E-state index in [4.69, 9.17) is 14.2 Å². The number of ether oxygens (including phenoxy) is 3. The van der Waals surface area contributed by atoms with Gasteiger partial charge < -0.3 is 29.4 Å². The van der Waals surface area contributed by atoms with Crippen molar-refractivity contribution in [1.82, 2.24) is 19.4 Å². The van der Waals surface area contributed by atoms with Gasteiger partial charge in [-0.3, -0.25) is 9.69 Å². The number of nitrogens with one attached hydrogen (secondary N) is 2. The summed E-state index contributed by atoms with van der Waals surface area (Å²) in [5.74, 6) is -0.448. The number of rotatable bonds is 13. The molecule has 0 saturated carbocycles. The van der Waals surface area contributed by atoms with E-state index in [-0.39, 0.29) is 30.9 Å². The van der Waals surface area contributed by atoms with E-state index in [0.29, 0.717) is 52.6 Å². The average molecular weight is 696 g/mol. The minimum Gasteiger partial charge on any atom is -0.484 e. The molecule has 0 aliphatic carbocycles. The Bertz CT molecular complexity index is 1660. The highest BCUT2D eigenvalue weighted by Crippen LogP contribution is 2.26. The van der Waals surface area contributed by atoms with Crippen LogP contribution in [0, 0.1) is 5.82 Å². The Morgan fingerprint density at radius 1 is 1.09 bits per heavy atom. The number of halogens is 2. The number of benzene rings is 2. The van der Waals surface area contributed by atoms with Crippen molar-refractivity contribution in [3.8, 4) is 11.6 Å². The van der Waals surface area contributed by atoms with E-state index in [1.807, 2.05) is 17.6 Å². The molecule has 2 aromatic heterocycles. The monoisotopic (exact) mass is 694 g/mol. The standard InChI is InChI=1S/C33H36BrFN6O5/c1-3-41-21-36-17-25(41)18-37-29-15-22(33(43)44-2)7-9-28(29)39-31(42)19-40-13-11-26(12-14-40)46-32-6-4-5-24(38-32)20-45-30-10-8-23(34)16-27(30)35/h4-10,15-17,21,26,37H,3,11-14,18-20H2,1-2H3,(H,39,42). The van der Waals surface area contributed by atoms with E-state index in [2.05, 4.69) is 41.4 Å². The Morgan fingerprint density at radius 2 is 1.91 bits per heavy atom. The lowest BCUT2D eigenvalue weighted by atomic mass is 10.1. The molecule has 1 aliphatic heterocycles. The van der Waals surface area contributed by atoms with Crippen LogP contribution in [-0.2, 0) is 29.2 Å². The summed E-state index contributed by atoms with van der Waals surface area (Å²) in [5.41, 5.74) is 3.14. The smallest absolute Gasteiger partial charge is 0.337 e. The lowest BCUT2D eigenvalue weighted by Crippen LogP contribution is -2.42. The van der Waals surface area contributed by atoms with Crippen LogP contribution < -0.4 is 20.1 Å². The SMILES string of the molecule is CCn1cncc1CNc1cc(C(=O)OC)ccc1NC(=O)CN1CCC(Oc2cccc(COc3ccc(Br)cc3F)n2)CC1. The molecule has 0 unspecified atom stereocenters. The number of methoxy groups -OCH3 is 1. The Kier molecular flexibility index (Phi) is 11.2. The van der Waals surface area contributed by atoms with Gasteiger partial charge in [0, 0.05) is 36.4 Å². The number of carbonyl (C=O) groups is 2. The molecule has 2 aromatic carbocycles. The average Bonchev–Trinajstić information content (AvgIpc) is 3.52. The second-order valence-corrected chi connectivity index (χ2v) is 11.7. The summed E-state index contributed by atoms with van der Waals surface area (Å²) in [4.78, 5) is 36.0. The van der Waals surface area contributed by atoms with Crippen LogP contribution in [0.4, 0.5) is 15.8 Å². The summed E-state index contributed by atoms with van der Waals surface area (Å²) in [6, 6.07) is 15.0. The maximum Gasteiger partial charge on any atom is 0.337 e. The maximum atomic E-state index is 14.1. The van der Waals surface area contributed by atoms with Crippen molar-refractivity contribution in [3.63, 3.8) is 0 Å². The number of likely N-dealkylation sites (tertiary alicyclic amines) is 1. The molecule has 11 nitrogen and oxygen atoms in total. The number of carbonyl (C=O) groups excluding carboxylic acids is 2. The van der Waals surface area contributed by atoms with E-state index in [0.717, 1.165) is 25.1 Å². The molecule has 46 heavy (non-hydrogen) atoms. The molecule has 0 radical (unpaired) electrons. The molecule has 1 fully saturated rings. The fourth-order valence-electron chi connectivity index (χ4n) is 5.11. The van der Waals surface area contributed by atoms with Gasteiger partial charge in [-0.25, -0.2) is 19.2 Å². The lowest BCUT2D eigenvalue weighted by Gasteiger charge is -2.31. The van der Waals surface area contributed by atoms with Crippen molar-refractivity contribution >= 4 is 39.2 Å². The number of esters is 1. The molecule has 1 aliphatic rings. The van der Waals surface area contributed by atoms with Gasteiger partial charge in [0.1, 0.15) is 12.7 Å². The fraction of sp³-hybridized carbons (Fsp3) is 0.333. The van der Waals surface area contributed by atoms with E-state index < -0.39 is 11.8 Å². The van der Waals surface area contributed by atoms with Crippen molar-refractivity contribution in [2.45, 2.75) is 45.6 Å². The Morgan fingerprint density at radius 3 is 2.67 bits per heavy atom. The van der Waals surface area contributed by atoms with Crippen LogP contribution >= 0.6 is 15.9 Å². The summed E-state index contributed by atoms with van der Waals surface area (Å²) >= 11 is 3.24. The number of hydrogen-bond acceptors (Lipinski definition) is 9. The third-order valence-electron chi connectivity index (χ3n) is 7.55. The molecule has 2 N–H and O–H groups in total. The first-order chi connectivity index (χ1) is 22.3. The van der Waals surface area contributed by atoms with Gasteiger partial charge in [-0.2, -0.15) is 0 Å². The third kappa shape index (κ3) is 8.82. The summed E-state index contributed by atoms with van der Waals surface area (Å²) in [6.45, 7) is 4.95. The van der Waals surface area contributed by atoms with Crippen LogP contribution in [0.3, 0.4) is 0 Å². The van der Waals surface area contributed by atoms with Crippen LogP contribution in [-0.4, -0.2) is 64.2 Å². The summed E-state index contributed by atoms with van der Waals surface area (Å²) < 4.78 is 33.4. The Balaban J connectivity index is 1.12. The van der Waals surface area contributed by atoms with Gasteiger partial charge in [-0.1, -0.05) is 22.0 Å². The second kappa shape index (κ2) is 15.7. The summed E-state index contributed by atoms with van der Waals surface area (Å²) in [5, 5.41) is 6.32. The molecule has 3 heterocycles. The first-order valence-electron chi connectivity index (χ1n) is 15.0. The maximum absolute atomic E-state index is 14.1. The molecule has 4 aromatic rings. The van der Waals surface area contributed by atoms with Gasteiger partial charge in [-0.05, 0) is 62.2 Å². The van der Waals surface area contributed by atoms with Crippen LogP contribution in [0.2, 0.25) is 0 Å². The minimum atomic E-state index is -0.462. The first kappa shape index (κ1) is 32.9. The zero-order valence-electron chi connectivity index (χ0n) is 25.7. The van der Waals surface area contributed by atoms with Gasteiger partial charge in [0.15, 0.2) is 11.6 Å². The fourth-order valence-corrected chi connectivity index (χ4v) is 5.44. The topological polar surface area (TPSA) is 120 Å². The highest BCUT2D eigenvalue weighted by atomic mass is 79.9. The summed E-state index contributed by atoms with van der Waals surface area (Å²) in [7, 11) is 1.33. The number of hydrogen-bond donors (Lipinski definition) is 2. The molecule has 242 valence electrons. The third-order valence-corrected chi connectivity index (χ3v) is 8.05. The van der Waals surface area contributed by atoms with Crippen LogP contribution in [0.25, 0.3) is 0 Å². The number of pyridine rings is 1. The van der Waals surface area contributed by atoms with Gasteiger partial charge in [0.2, 0.25) is 11.8 Å². The molecular formula is C33H36BrFN6O5. The van der Waals surface area contributed by atoms with Crippen LogP contribution in [0.1, 0.15) is 41.5 Å². The molecule has 5 rings (SSSR count). The molecule has 0 bridgehead atoms. The van der Waals surface area contributed by atoms with Crippen LogP contribution in [0.15, 0.2) is 71.6 Å². The van der Waals surface area contributed by atoms with E-state index >= 15 is 0 Å². The number of anilines is 2. The number of aromatic nitrogens is 3. The van der Waals surface area contributed by atoms with Crippen molar-refractivity contribution in [2.75, 3.05) is 37.4 Å². The molecule has 0 atom stereocenters. The van der Waals surface area contributed by atoms with Gasteiger partial charge in [-0.15, -0.1) is 0 Å². The van der Waals surface area contributed by atoms with E-state index in [1.165, 1.54) is 13.2 Å². The number of amides is 1. The van der Waals surface area contributed by atoms with Crippen LogP contribution in [0.5, 0.6) is 11.6 Å². The molecule has 0 spiro atoms. The van der Waals surface area contributed by atoms with Crippen molar-refractivity contribution in [3.05, 3.63) is 94.4 Å².